The van der Waals surface area contributed by atoms with Crippen LogP contribution in [-0.4, -0.2) is 325 Å². The average Bonchev–Trinajstić information content (AvgIpc) is 0.772. The Balaban J connectivity index is 1.07. The van der Waals surface area contributed by atoms with Gasteiger partial charge in [-0.25, -0.2) is 0 Å². The van der Waals surface area contributed by atoms with E-state index < -0.39 is 246 Å². The number of benzene rings is 1. The van der Waals surface area contributed by atoms with E-state index in [2.05, 4.69) is 33.5 Å². The number of hydrogen-bond acceptors (Lipinski definition) is 31. The van der Waals surface area contributed by atoms with Gasteiger partial charge in [0.15, 0.2) is 37.7 Å². The Bertz CT molecular complexity index is 2660. The fourth-order valence-corrected chi connectivity index (χ4v) is 12.7. The SMILES string of the molecule is CCCCCCCCCCCOc1cccc(C(=O)N[C@@H]2C(O[C@H]3C(O)C(NC(C)=O)[C@H](OC4C(CO)O[C@@H](O[C@H]5C(O)C(NC(C)=O)C(OC6C(CO[C@@H]7OC(C)C(O)[C@H](O)[C@H]7O)OC(O)[C@@H](NC(C)=O)[C@H]6O)O[C@H]5CO)[C@@H](NC(C)=O)[C@H]4O)O[C@H]3CO)OC(CO)[C@@H](O)C2O)c1. The largest absolute Gasteiger partial charge is 0.494 e. The van der Waals surface area contributed by atoms with Crippen LogP contribution in [0.2, 0.25) is 0 Å². The summed E-state index contributed by atoms with van der Waals surface area (Å²) in [5.41, 5.74) is 0.0594. The van der Waals surface area contributed by atoms with Crippen molar-refractivity contribution >= 4 is 29.5 Å². The lowest BCUT2D eigenvalue weighted by Gasteiger charge is -2.51. The number of nitrogens with one attached hydrogen (secondary N) is 5. The zero-order chi connectivity index (χ0) is 71.8. The van der Waals surface area contributed by atoms with Gasteiger partial charge >= 0.3 is 0 Å². The van der Waals surface area contributed by atoms with Gasteiger partial charge < -0.3 is 155 Å². The molecule has 0 saturated carbocycles. The smallest absolute Gasteiger partial charge is 0.251 e. The Kier molecular flexibility index (Phi) is 31.3. The van der Waals surface area contributed by atoms with Crippen molar-refractivity contribution < 1.29 is 152 Å². The van der Waals surface area contributed by atoms with E-state index in [0.29, 0.717) is 12.4 Å². The van der Waals surface area contributed by atoms with Gasteiger partial charge in [-0.3, -0.25) is 24.0 Å². The van der Waals surface area contributed by atoms with Gasteiger partial charge in [-0.1, -0.05) is 64.4 Å². The van der Waals surface area contributed by atoms with Gasteiger partial charge in [0.2, 0.25) is 23.6 Å². The second kappa shape index (κ2) is 38.0. The molecule has 6 aliphatic heterocycles. The molecule has 0 aromatic heterocycles. The Labute approximate surface area is 565 Å². The van der Waals surface area contributed by atoms with Crippen LogP contribution >= 0.6 is 0 Å². The Morgan fingerprint density at radius 1 is 0.418 bits per heavy atom. The second-order valence-corrected chi connectivity index (χ2v) is 25.4. The highest BCUT2D eigenvalue weighted by Crippen LogP contribution is 2.37. The number of ether oxygens (including phenoxy) is 12. The Morgan fingerprint density at radius 2 is 0.816 bits per heavy atom. The molecule has 0 radical (unpaired) electrons. The zero-order valence-electron chi connectivity index (χ0n) is 55.4. The van der Waals surface area contributed by atoms with E-state index in [0.717, 1.165) is 53.4 Å². The summed E-state index contributed by atoms with van der Waals surface area (Å²) in [5, 5.41) is 168. The van der Waals surface area contributed by atoms with Crippen molar-refractivity contribution in [2.45, 2.75) is 283 Å². The number of hydrogen-bond donors (Lipinski definition) is 19. The third-order valence-corrected chi connectivity index (χ3v) is 17.9. The molecule has 7 rings (SSSR count). The Hall–Kier alpha value is -4.63. The molecular formula is C62H101N5O31. The standard InChI is InChI=1S/C62H101N5O31/c1-7-8-9-10-11-12-13-14-15-19-87-32-18-16-17-31(20-32)56(85)67-39-45(78)44(77)33(21-68)91-58(39)95-52-34(22-69)92-59(40(47(52)80)64-28(4)73)96-53-35(23-70)93-60(41(48(53)81)65-29(5)74)97-54-36(24-71)94-61(42(49(54)82)66-30(6)75)98-55-37(90-57(86)38(46(55)79)63-27(3)72)25-88-62-51(84)50(83)43(76)26(2)89-62/h16-18,20,26,33-55,57-62,68-71,76-84,86H,7-15,19,21-25H2,1-6H3,(H,63,72)(H,64,73)(H,65,74)(H,66,75)(H,67,85)/t26?,33?,34-,35?,36-,37?,38-,39-,40?,41-,42?,43?,44+,45?,46+,47?,48+,49?,50-,51+,52+,53?,54+,55?,57?,58?,59-,60-,61?,62+/m0/s1. The van der Waals surface area contributed by atoms with Gasteiger partial charge in [0, 0.05) is 33.3 Å². The van der Waals surface area contributed by atoms with Gasteiger partial charge in [0.05, 0.1) is 45.7 Å². The fraction of sp³-hybridized carbons (Fsp3) is 0.823. The van der Waals surface area contributed by atoms with E-state index in [9.17, 15) is 95.5 Å². The maximum absolute atomic E-state index is 14.0. The summed E-state index contributed by atoms with van der Waals surface area (Å²) >= 11 is 0. The maximum atomic E-state index is 14.0. The summed E-state index contributed by atoms with van der Waals surface area (Å²) in [7, 11) is 0. The van der Waals surface area contributed by atoms with Crippen LogP contribution in [-0.2, 0) is 71.3 Å². The first-order chi connectivity index (χ1) is 46.7. The minimum Gasteiger partial charge on any atom is -0.494 e. The zero-order valence-corrected chi connectivity index (χ0v) is 55.4. The van der Waals surface area contributed by atoms with Crippen molar-refractivity contribution in [1.82, 2.24) is 26.6 Å². The quantitative estimate of drug-likeness (QED) is 0.0298. The molecule has 0 spiro atoms. The van der Waals surface area contributed by atoms with Gasteiger partial charge in [0.1, 0.15) is 146 Å². The van der Waals surface area contributed by atoms with E-state index in [1.807, 2.05) is 0 Å². The van der Waals surface area contributed by atoms with Crippen molar-refractivity contribution in [3.05, 3.63) is 29.8 Å². The van der Waals surface area contributed by atoms with Crippen molar-refractivity contribution in [3.8, 4) is 5.75 Å². The number of carbonyl (C=O) groups is 5. The lowest BCUT2D eigenvalue weighted by molar-refractivity contribution is -0.368. The third-order valence-electron chi connectivity index (χ3n) is 17.9. The number of aliphatic hydroxyl groups is 14. The molecule has 0 bridgehead atoms. The predicted molar refractivity (Wildman–Crippen MR) is 329 cm³/mol. The molecule has 36 heteroatoms. The second-order valence-electron chi connectivity index (χ2n) is 25.4. The molecule has 19 N–H and O–H groups in total. The average molecular weight is 1410 g/mol. The summed E-state index contributed by atoms with van der Waals surface area (Å²) < 4.78 is 72.0. The number of unbranched alkanes of at least 4 members (excludes halogenated alkanes) is 8. The summed E-state index contributed by atoms with van der Waals surface area (Å²) in [6, 6.07) is -2.45. The van der Waals surface area contributed by atoms with Crippen molar-refractivity contribution in [2.24, 2.45) is 0 Å². The lowest BCUT2D eigenvalue weighted by Crippen LogP contribution is -2.72. The normalized spacial score (nSPS) is 39.8. The van der Waals surface area contributed by atoms with Gasteiger partial charge in [-0.15, -0.1) is 0 Å². The molecule has 98 heavy (non-hydrogen) atoms. The lowest BCUT2D eigenvalue weighted by atomic mass is 9.93. The van der Waals surface area contributed by atoms with Crippen LogP contribution in [0, 0.1) is 0 Å². The van der Waals surface area contributed by atoms with Crippen molar-refractivity contribution in [3.63, 3.8) is 0 Å². The summed E-state index contributed by atoms with van der Waals surface area (Å²) in [6.45, 7) is 3.38. The molecule has 6 saturated heterocycles. The topological polar surface area (TPSA) is 539 Å². The molecule has 36 nitrogen and oxygen atoms in total. The van der Waals surface area contributed by atoms with Gasteiger partial charge in [-0.05, 0) is 31.5 Å². The molecule has 15 unspecified atom stereocenters. The molecule has 30 atom stereocenters. The van der Waals surface area contributed by atoms with E-state index in [-0.39, 0.29) is 5.56 Å². The van der Waals surface area contributed by atoms with Crippen LogP contribution in [0.4, 0.5) is 0 Å². The minimum absolute atomic E-state index is 0.0594. The van der Waals surface area contributed by atoms with Gasteiger partial charge in [0.25, 0.3) is 5.91 Å². The van der Waals surface area contributed by atoms with Crippen LogP contribution in [0.1, 0.15) is 110 Å². The highest BCUT2D eigenvalue weighted by atomic mass is 16.8. The molecule has 560 valence electrons. The Morgan fingerprint density at radius 3 is 1.26 bits per heavy atom. The van der Waals surface area contributed by atoms with E-state index in [4.69, 9.17) is 56.8 Å². The molecule has 1 aromatic carbocycles. The van der Waals surface area contributed by atoms with Gasteiger partial charge in [-0.2, -0.15) is 0 Å². The number of rotatable bonds is 32. The first kappa shape index (κ1) is 80.7. The van der Waals surface area contributed by atoms with Crippen LogP contribution in [0.15, 0.2) is 24.3 Å². The minimum atomic E-state index is -2.07. The van der Waals surface area contributed by atoms with Crippen LogP contribution in [0.3, 0.4) is 0 Å². The van der Waals surface area contributed by atoms with E-state index in [1.165, 1.54) is 51.2 Å². The predicted octanol–water partition coefficient (Wildman–Crippen LogP) is -7.15. The molecule has 6 aliphatic rings. The fourth-order valence-electron chi connectivity index (χ4n) is 12.7. The molecule has 5 amide bonds. The first-order valence-corrected chi connectivity index (χ1v) is 33.2. The summed E-state index contributed by atoms with van der Waals surface area (Å²) in [4.78, 5) is 65.0. The highest BCUT2D eigenvalue weighted by molar-refractivity contribution is 5.94. The maximum Gasteiger partial charge on any atom is 0.251 e. The number of aliphatic hydroxyl groups excluding tert-OH is 14. The third kappa shape index (κ3) is 20.6. The van der Waals surface area contributed by atoms with E-state index in [1.54, 1.807) is 12.1 Å². The summed E-state index contributed by atoms with van der Waals surface area (Å²) in [6.07, 6.45) is -34.9. The van der Waals surface area contributed by atoms with E-state index >= 15 is 0 Å². The van der Waals surface area contributed by atoms with Crippen LogP contribution < -0.4 is 31.3 Å². The van der Waals surface area contributed by atoms with Crippen LogP contribution in [0.5, 0.6) is 5.75 Å². The van der Waals surface area contributed by atoms with Crippen molar-refractivity contribution in [2.75, 3.05) is 39.6 Å². The molecule has 1 aromatic rings. The molecular weight excluding hydrogens is 1310 g/mol. The number of carbonyl (C=O) groups excluding carboxylic acids is 5. The molecule has 6 heterocycles. The monoisotopic (exact) mass is 1410 g/mol. The summed E-state index contributed by atoms with van der Waals surface area (Å²) in [5.74, 6) is -3.68. The molecule has 0 aliphatic carbocycles. The first-order valence-electron chi connectivity index (χ1n) is 33.2. The van der Waals surface area contributed by atoms with Crippen LogP contribution in [0.25, 0.3) is 0 Å². The molecule has 6 fully saturated rings. The van der Waals surface area contributed by atoms with Crippen molar-refractivity contribution in [1.29, 1.82) is 0 Å². The highest BCUT2D eigenvalue weighted by Gasteiger charge is 2.58. The number of amides is 5.